The van der Waals surface area contributed by atoms with Gasteiger partial charge in [-0.2, -0.15) is 5.10 Å². The van der Waals surface area contributed by atoms with Gasteiger partial charge in [-0.1, -0.05) is 41.9 Å². The molecule has 118 valence electrons. The average Bonchev–Trinajstić information content (AvgIpc) is 2.57. The average molecular weight is 330 g/mol. The maximum absolute atomic E-state index is 11.9. The summed E-state index contributed by atoms with van der Waals surface area (Å²) in [5.41, 5.74) is 3.68. The molecule has 0 heterocycles. The molecule has 0 radical (unpaired) electrons. The number of carbonyl (C=O) groups is 2. The van der Waals surface area contributed by atoms with Gasteiger partial charge in [0.2, 0.25) is 0 Å². The molecular formula is C17H16ClN3O2. The van der Waals surface area contributed by atoms with Crippen molar-refractivity contribution in [2.24, 2.45) is 5.10 Å². The van der Waals surface area contributed by atoms with Crippen molar-refractivity contribution in [1.82, 2.24) is 10.7 Å². The number of halogens is 1. The summed E-state index contributed by atoms with van der Waals surface area (Å²) in [7, 11) is 0. The number of rotatable bonds is 5. The summed E-state index contributed by atoms with van der Waals surface area (Å²) >= 11 is 5.78. The molecule has 0 aliphatic rings. The van der Waals surface area contributed by atoms with Gasteiger partial charge in [0.25, 0.3) is 11.8 Å². The summed E-state index contributed by atoms with van der Waals surface area (Å²) in [5.74, 6) is -0.713. The first kappa shape index (κ1) is 16.7. The van der Waals surface area contributed by atoms with Crippen molar-refractivity contribution >= 4 is 29.6 Å². The Balaban J connectivity index is 1.85. The zero-order valence-electron chi connectivity index (χ0n) is 12.5. The van der Waals surface area contributed by atoms with E-state index >= 15 is 0 Å². The van der Waals surface area contributed by atoms with E-state index in [0.717, 1.165) is 5.56 Å². The van der Waals surface area contributed by atoms with E-state index in [-0.39, 0.29) is 5.91 Å². The van der Waals surface area contributed by atoms with Gasteiger partial charge in [-0.3, -0.25) is 9.59 Å². The highest BCUT2D eigenvalue weighted by molar-refractivity contribution is 6.30. The fourth-order valence-corrected chi connectivity index (χ4v) is 1.88. The first-order valence-corrected chi connectivity index (χ1v) is 7.38. The molecule has 5 nitrogen and oxygen atoms in total. The van der Waals surface area contributed by atoms with E-state index < -0.39 is 11.9 Å². The van der Waals surface area contributed by atoms with Crippen LogP contribution < -0.4 is 10.7 Å². The molecular weight excluding hydrogens is 314 g/mol. The Kier molecular flexibility index (Phi) is 5.88. The van der Waals surface area contributed by atoms with Crippen LogP contribution >= 0.6 is 11.6 Å². The molecule has 2 aromatic carbocycles. The number of carbonyl (C=O) groups excluding carboxylic acids is 2. The lowest BCUT2D eigenvalue weighted by Crippen LogP contribution is -2.43. The predicted molar refractivity (Wildman–Crippen MR) is 90.6 cm³/mol. The van der Waals surface area contributed by atoms with Gasteiger partial charge in [0.05, 0.1) is 6.21 Å². The van der Waals surface area contributed by atoms with E-state index in [4.69, 9.17) is 11.6 Å². The second-order valence-electron chi connectivity index (χ2n) is 4.85. The Morgan fingerprint density at radius 2 is 1.74 bits per heavy atom. The van der Waals surface area contributed by atoms with Crippen LogP contribution in [-0.4, -0.2) is 24.1 Å². The highest BCUT2D eigenvalue weighted by Gasteiger charge is 2.15. The Labute approximate surface area is 139 Å². The molecule has 23 heavy (non-hydrogen) atoms. The fraction of sp³-hybridized carbons (Fsp3) is 0.118. The Bertz CT molecular complexity index is 700. The molecule has 0 aliphatic heterocycles. The summed E-state index contributed by atoms with van der Waals surface area (Å²) in [5, 5.41) is 7.09. The van der Waals surface area contributed by atoms with Gasteiger partial charge >= 0.3 is 0 Å². The molecule has 0 fully saturated rings. The lowest BCUT2D eigenvalue weighted by molar-refractivity contribution is -0.122. The molecule has 1 atom stereocenters. The van der Waals surface area contributed by atoms with Crippen LogP contribution in [0, 0.1) is 0 Å². The molecule has 0 bridgehead atoms. The Hall–Kier alpha value is -2.66. The number of amides is 2. The van der Waals surface area contributed by atoms with Crippen molar-refractivity contribution in [3.8, 4) is 0 Å². The van der Waals surface area contributed by atoms with Gasteiger partial charge in [0, 0.05) is 10.6 Å². The summed E-state index contributed by atoms with van der Waals surface area (Å²) < 4.78 is 0. The molecule has 0 saturated heterocycles. The van der Waals surface area contributed by atoms with Crippen LogP contribution in [0.25, 0.3) is 0 Å². The molecule has 2 N–H and O–H groups in total. The van der Waals surface area contributed by atoms with Crippen molar-refractivity contribution in [3.05, 3.63) is 70.7 Å². The molecule has 2 amide bonds. The monoisotopic (exact) mass is 329 g/mol. The van der Waals surface area contributed by atoms with E-state index in [1.54, 1.807) is 55.5 Å². The molecule has 2 aromatic rings. The normalized spacial score (nSPS) is 11.9. The van der Waals surface area contributed by atoms with Gasteiger partial charge in [-0.25, -0.2) is 5.43 Å². The Morgan fingerprint density at radius 3 is 2.39 bits per heavy atom. The minimum Gasteiger partial charge on any atom is -0.340 e. The smallest absolute Gasteiger partial charge is 0.262 e. The van der Waals surface area contributed by atoms with E-state index in [1.807, 2.05) is 6.07 Å². The van der Waals surface area contributed by atoms with E-state index in [2.05, 4.69) is 15.8 Å². The SMILES string of the molecule is CC(NC(=O)c1ccccc1)C(=O)N/N=C/c1ccc(Cl)cc1. The second-order valence-corrected chi connectivity index (χ2v) is 5.28. The number of hydrazone groups is 1. The third-order valence-electron chi connectivity index (χ3n) is 3.04. The molecule has 0 aromatic heterocycles. The summed E-state index contributed by atoms with van der Waals surface area (Å²) in [6.07, 6.45) is 1.50. The first-order chi connectivity index (χ1) is 11.1. The third-order valence-corrected chi connectivity index (χ3v) is 3.29. The minimum atomic E-state index is -0.704. The predicted octanol–water partition coefficient (Wildman–Crippen LogP) is 2.61. The zero-order valence-corrected chi connectivity index (χ0v) is 13.2. The zero-order chi connectivity index (χ0) is 16.7. The van der Waals surface area contributed by atoms with Gasteiger partial charge in [0.1, 0.15) is 6.04 Å². The van der Waals surface area contributed by atoms with Crippen molar-refractivity contribution < 1.29 is 9.59 Å². The van der Waals surface area contributed by atoms with Crippen LogP contribution in [0.1, 0.15) is 22.8 Å². The number of hydrogen-bond donors (Lipinski definition) is 2. The number of hydrogen-bond acceptors (Lipinski definition) is 3. The maximum Gasteiger partial charge on any atom is 0.262 e. The second kappa shape index (κ2) is 8.10. The highest BCUT2D eigenvalue weighted by Crippen LogP contribution is 2.07. The quantitative estimate of drug-likeness (QED) is 0.654. The maximum atomic E-state index is 11.9. The summed E-state index contributed by atoms with van der Waals surface area (Å²) in [6.45, 7) is 1.59. The van der Waals surface area contributed by atoms with Gasteiger partial charge in [-0.05, 0) is 36.8 Å². The number of nitrogens with zero attached hydrogens (tertiary/aromatic N) is 1. The van der Waals surface area contributed by atoms with Gasteiger partial charge in [-0.15, -0.1) is 0 Å². The van der Waals surface area contributed by atoms with E-state index in [0.29, 0.717) is 10.6 Å². The fourth-order valence-electron chi connectivity index (χ4n) is 1.75. The largest absolute Gasteiger partial charge is 0.340 e. The lowest BCUT2D eigenvalue weighted by Gasteiger charge is -2.12. The van der Waals surface area contributed by atoms with Crippen molar-refractivity contribution in [3.63, 3.8) is 0 Å². The third kappa shape index (κ3) is 5.23. The summed E-state index contributed by atoms with van der Waals surface area (Å²) in [4.78, 5) is 23.8. The summed E-state index contributed by atoms with van der Waals surface area (Å²) in [6, 6.07) is 15.0. The van der Waals surface area contributed by atoms with Crippen LogP contribution in [0.15, 0.2) is 59.7 Å². The number of nitrogens with one attached hydrogen (secondary N) is 2. The van der Waals surface area contributed by atoms with Crippen molar-refractivity contribution in [1.29, 1.82) is 0 Å². The van der Waals surface area contributed by atoms with E-state index in [9.17, 15) is 9.59 Å². The lowest BCUT2D eigenvalue weighted by atomic mass is 10.2. The van der Waals surface area contributed by atoms with Crippen LogP contribution in [-0.2, 0) is 4.79 Å². The molecule has 1 unspecified atom stereocenters. The van der Waals surface area contributed by atoms with Crippen molar-refractivity contribution in [2.45, 2.75) is 13.0 Å². The molecule has 0 saturated carbocycles. The molecule has 2 rings (SSSR count). The van der Waals surface area contributed by atoms with Gasteiger partial charge in [0.15, 0.2) is 0 Å². The van der Waals surface area contributed by atoms with Gasteiger partial charge < -0.3 is 5.32 Å². The van der Waals surface area contributed by atoms with Crippen molar-refractivity contribution in [2.75, 3.05) is 0 Å². The standard InChI is InChI=1S/C17H16ClN3O2/c1-12(20-17(23)14-5-3-2-4-6-14)16(22)21-19-11-13-7-9-15(18)10-8-13/h2-12H,1H3,(H,20,23)(H,21,22)/b19-11+. The molecule has 0 aliphatic carbocycles. The van der Waals surface area contributed by atoms with Crippen LogP contribution in [0.2, 0.25) is 5.02 Å². The van der Waals surface area contributed by atoms with Crippen LogP contribution in [0.4, 0.5) is 0 Å². The topological polar surface area (TPSA) is 70.6 Å². The molecule has 0 spiro atoms. The van der Waals surface area contributed by atoms with Crippen LogP contribution in [0.5, 0.6) is 0 Å². The highest BCUT2D eigenvalue weighted by atomic mass is 35.5. The van der Waals surface area contributed by atoms with Crippen LogP contribution in [0.3, 0.4) is 0 Å². The first-order valence-electron chi connectivity index (χ1n) is 7.00. The number of benzene rings is 2. The molecule has 6 heteroatoms. The minimum absolute atomic E-state index is 0.310. The van der Waals surface area contributed by atoms with E-state index in [1.165, 1.54) is 6.21 Å². The Morgan fingerprint density at radius 1 is 1.09 bits per heavy atom.